The van der Waals surface area contributed by atoms with Crippen LogP contribution in [-0.2, 0) is 0 Å². The normalized spacial score (nSPS) is 12.1. The number of nitrogens with zero attached hydrogens (tertiary/aromatic N) is 1. The van der Waals surface area contributed by atoms with Crippen molar-refractivity contribution < 1.29 is 0 Å². The van der Waals surface area contributed by atoms with Crippen LogP contribution in [0.1, 0.15) is 12.5 Å². The monoisotopic (exact) mass is 256 g/mol. The van der Waals surface area contributed by atoms with Crippen LogP contribution >= 0.6 is 11.8 Å². The summed E-state index contributed by atoms with van der Waals surface area (Å²) in [5.74, 6) is 0. The minimum Gasteiger partial charge on any atom is -0.383 e. The van der Waals surface area contributed by atoms with Gasteiger partial charge in [0, 0.05) is 28.3 Å². The Balaban J connectivity index is 2.38. The Morgan fingerprint density at radius 1 is 1.22 bits per heavy atom. The summed E-state index contributed by atoms with van der Waals surface area (Å²) < 4.78 is 0. The van der Waals surface area contributed by atoms with Crippen LogP contribution in [0, 0.1) is 11.3 Å². The SMILES string of the molecule is CSC(C)CNc1ccc(C#N)c2ccccc12. The molecule has 2 rings (SSSR count). The molecule has 1 atom stereocenters. The molecule has 2 aromatic rings. The van der Waals surface area contributed by atoms with E-state index in [2.05, 4.69) is 30.6 Å². The van der Waals surface area contributed by atoms with Gasteiger partial charge < -0.3 is 5.32 Å². The molecule has 0 aliphatic rings. The largest absolute Gasteiger partial charge is 0.383 e. The van der Waals surface area contributed by atoms with Crippen molar-refractivity contribution in [1.82, 2.24) is 0 Å². The van der Waals surface area contributed by atoms with Crippen molar-refractivity contribution >= 4 is 28.2 Å². The van der Waals surface area contributed by atoms with Gasteiger partial charge in [-0.1, -0.05) is 31.2 Å². The molecule has 1 unspecified atom stereocenters. The van der Waals surface area contributed by atoms with Crippen molar-refractivity contribution in [2.45, 2.75) is 12.2 Å². The fraction of sp³-hybridized carbons (Fsp3) is 0.267. The molecule has 3 heteroatoms. The summed E-state index contributed by atoms with van der Waals surface area (Å²) in [6.07, 6.45) is 2.11. The first-order chi connectivity index (χ1) is 8.76. The lowest BCUT2D eigenvalue weighted by molar-refractivity contribution is 1.01. The smallest absolute Gasteiger partial charge is 0.0998 e. The minimum atomic E-state index is 0.569. The molecule has 0 heterocycles. The Morgan fingerprint density at radius 2 is 1.94 bits per heavy atom. The molecule has 92 valence electrons. The van der Waals surface area contributed by atoms with Crippen molar-refractivity contribution in [3.63, 3.8) is 0 Å². The zero-order chi connectivity index (χ0) is 13.0. The highest BCUT2D eigenvalue weighted by Gasteiger charge is 2.06. The van der Waals surface area contributed by atoms with Crippen LogP contribution < -0.4 is 5.32 Å². The van der Waals surface area contributed by atoms with E-state index in [1.807, 2.05) is 42.1 Å². The number of fused-ring (bicyclic) bond motifs is 1. The van der Waals surface area contributed by atoms with Gasteiger partial charge in [-0.15, -0.1) is 0 Å². The average Bonchev–Trinajstić information content (AvgIpc) is 2.44. The van der Waals surface area contributed by atoms with E-state index >= 15 is 0 Å². The topological polar surface area (TPSA) is 35.8 Å². The van der Waals surface area contributed by atoms with Crippen molar-refractivity contribution in [3.05, 3.63) is 42.0 Å². The summed E-state index contributed by atoms with van der Waals surface area (Å²) in [6, 6.07) is 14.1. The minimum absolute atomic E-state index is 0.569. The van der Waals surface area contributed by atoms with E-state index in [4.69, 9.17) is 5.26 Å². The van der Waals surface area contributed by atoms with Crippen LogP contribution in [0.5, 0.6) is 0 Å². The van der Waals surface area contributed by atoms with Crippen LogP contribution in [0.4, 0.5) is 5.69 Å². The molecule has 0 spiro atoms. The van der Waals surface area contributed by atoms with Crippen molar-refractivity contribution in [2.75, 3.05) is 18.1 Å². The van der Waals surface area contributed by atoms with E-state index in [0.29, 0.717) is 5.25 Å². The summed E-state index contributed by atoms with van der Waals surface area (Å²) in [7, 11) is 0. The lowest BCUT2D eigenvalue weighted by Gasteiger charge is -2.13. The summed E-state index contributed by atoms with van der Waals surface area (Å²) in [5.41, 5.74) is 1.83. The maximum Gasteiger partial charge on any atom is 0.0998 e. The molecule has 0 saturated heterocycles. The van der Waals surface area contributed by atoms with Gasteiger partial charge in [-0.25, -0.2) is 0 Å². The lowest BCUT2D eigenvalue weighted by atomic mass is 10.0. The first kappa shape index (κ1) is 12.8. The second-order valence-electron chi connectivity index (χ2n) is 4.25. The fourth-order valence-corrected chi connectivity index (χ4v) is 2.14. The highest BCUT2D eigenvalue weighted by molar-refractivity contribution is 7.99. The van der Waals surface area contributed by atoms with Crippen molar-refractivity contribution in [2.24, 2.45) is 0 Å². The molecule has 0 fully saturated rings. The van der Waals surface area contributed by atoms with E-state index in [1.54, 1.807) is 0 Å². The highest BCUT2D eigenvalue weighted by atomic mass is 32.2. The molecule has 0 aliphatic carbocycles. The summed E-state index contributed by atoms with van der Waals surface area (Å²) in [5, 5.41) is 15.3. The van der Waals surface area contributed by atoms with Gasteiger partial charge in [0.15, 0.2) is 0 Å². The van der Waals surface area contributed by atoms with Gasteiger partial charge in [0.2, 0.25) is 0 Å². The molecule has 2 nitrogen and oxygen atoms in total. The number of benzene rings is 2. The fourth-order valence-electron chi connectivity index (χ4n) is 1.89. The van der Waals surface area contributed by atoms with Crippen LogP contribution in [-0.4, -0.2) is 18.1 Å². The number of anilines is 1. The zero-order valence-electron chi connectivity index (χ0n) is 10.6. The number of hydrogen-bond acceptors (Lipinski definition) is 3. The zero-order valence-corrected chi connectivity index (χ0v) is 11.4. The van der Waals surface area contributed by atoms with Crippen LogP contribution in [0.15, 0.2) is 36.4 Å². The molecule has 1 N–H and O–H groups in total. The van der Waals surface area contributed by atoms with Crippen LogP contribution in [0.3, 0.4) is 0 Å². The maximum absolute atomic E-state index is 9.11. The van der Waals surface area contributed by atoms with E-state index in [1.165, 1.54) is 0 Å². The maximum atomic E-state index is 9.11. The number of thioether (sulfide) groups is 1. The Hall–Kier alpha value is -1.66. The third-order valence-corrected chi connectivity index (χ3v) is 4.00. The van der Waals surface area contributed by atoms with Crippen LogP contribution in [0.25, 0.3) is 10.8 Å². The first-order valence-corrected chi connectivity index (χ1v) is 7.23. The molecule has 0 aliphatic heterocycles. The standard InChI is InChI=1S/C15H16N2S/c1-11(18-2)10-17-15-8-7-12(9-16)13-5-3-4-6-14(13)15/h3-8,11,17H,10H2,1-2H3. The van der Waals surface area contributed by atoms with E-state index in [9.17, 15) is 0 Å². The van der Waals surface area contributed by atoms with Gasteiger partial charge in [-0.3, -0.25) is 0 Å². The number of nitrogens with one attached hydrogen (secondary N) is 1. The van der Waals surface area contributed by atoms with E-state index in [-0.39, 0.29) is 0 Å². The Labute approximate surface area is 112 Å². The Morgan fingerprint density at radius 3 is 2.61 bits per heavy atom. The molecular formula is C15H16N2S. The highest BCUT2D eigenvalue weighted by Crippen LogP contribution is 2.26. The van der Waals surface area contributed by atoms with Gasteiger partial charge >= 0.3 is 0 Å². The molecule has 2 aromatic carbocycles. The van der Waals surface area contributed by atoms with Gasteiger partial charge in [0.05, 0.1) is 11.6 Å². The quantitative estimate of drug-likeness (QED) is 0.902. The Bertz CT molecular complexity index is 587. The second-order valence-corrected chi connectivity index (χ2v) is 5.52. The predicted molar refractivity (Wildman–Crippen MR) is 80.1 cm³/mol. The molecule has 0 amide bonds. The number of nitriles is 1. The van der Waals surface area contributed by atoms with Crippen molar-refractivity contribution in [1.29, 1.82) is 5.26 Å². The molecular weight excluding hydrogens is 240 g/mol. The summed E-state index contributed by atoms with van der Waals surface area (Å²) in [6.45, 7) is 3.13. The van der Waals surface area contributed by atoms with Gasteiger partial charge in [0.1, 0.15) is 0 Å². The van der Waals surface area contributed by atoms with Gasteiger partial charge in [0.25, 0.3) is 0 Å². The predicted octanol–water partition coefficient (Wildman–Crippen LogP) is 3.87. The third-order valence-electron chi connectivity index (χ3n) is 3.03. The number of rotatable bonds is 4. The number of hydrogen-bond donors (Lipinski definition) is 1. The van der Waals surface area contributed by atoms with Gasteiger partial charge in [-0.05, 0) is 18.4 Å². The Kier molecular flexibility index (Phi) is 4.11. The molecule has 0 aromatic heterocycles. The lowest BCUT2D eigenvalue weighted by Crippen LogP contribution is -2.12. The summed E-state index contributed by atoms with van der Waals surface area (Å²) >= 11 is 1.84. The molecule has 0 radical (unpaired) electrons. The van der Waals surface area contributed by atoms with Gasteiger partial charge in [-0.2, -0.15) is 17.0 Å². The second kappa shape index (κ2) is 5.79. The molecule has 0 bridgehead atoms. The van der Waals surface area contributed by atoms with E-state index in [0.717, 1.165) is 28.6 Å². The van der Waals surface area contributed by atoms with E-state index < -0.39 is 0 Å². The average molecular weight is 256 g/mol. The summed E-state index contributed by atoms with van der Waals surface area (Å²) in [4.78, 5) is 0. The first-order valence-electron chi connectivity index (χ1n) is 5.94. The van der Waals surface area contributed by atoms with Crippen molar-refractivity contribution in [3.8, 4) is 6.07 Å². The molecule has 0 saturated carbocycles. The molecule has 18 heavy (non-hydrogen) atoms. The third kappa shape index (κ3) is 2.60. The van der Waals surface area contributed by atoms with Crippen LogP contribution in [0.2, 0.25) is 0 Å².